The summed E-state index contributed by atoms with van der Waals surface area (Å²) in [6.07, 6.45) is 1.31. The summed E-state index contributed by atoms with van der Waals surface area (Å²) in [6, 6.07) is 3.86. The van der Waals surface area contributed by atoms with Gasteiger partial charge in [0.2, 0.25) is 0 Å². The molecule has 3 N–H and O–H groups in total. The summed E-state index contributed by atoms with van der Waals surface area (Å²) in [5.74, 6) is 4.64. The van der Waals surface area contributed by atoms with Crippen molar-refractivity contribution in [3.05, 3.63) is 35.4 Å². The molecule has 1 fully saturated rings. The minimum absolute atomic E-state index is 0.0979. The summed E-state index contributed by atoms with van der Waals surface area (Å²) in [4.78, 5) is 4.45. The van der Waals surface area contributed by atoms with Crippen LogP contribution in [0.1, 0.15) is 12.0 Å². The Labute approximate surface area is 124 Å². The molecule has 0 spiro atoms. The van der Waals surface area contributed by atoms with Gasteiger partial charge in [-0.2, -0.15) is 0 Å². The molecule has 2 unspecified atom stereocenters. The summed E-state index contributed by atoms with van der Waals surface area (Å²) >= 11 is 0. The van der Waals surface area contributed by atoms with Crippen LogP contribution in [0.2, 0.25) is 0 Å². The maximum Gasteiger partial charge on any atom is 0.129 e. The SMILES string of the molecule is CN1CCCN(C)C(C(Cc2c(F)cccc2F)NN)C1. The lowest BCUT2D eigenvalue weighted by molar-refractivity contribution is 0.176. The molecule has 4 nitrogen and oxygen atoms in total. The fourth-order valence-corrected chi connectivity index (χ4v) is 2.99. The largest absolute Gasteiger partial charge is 0.305 e. The number of hydrazine groups is 1. The van der Waals surface area contributed by atoms with Gasteiger partial charge in [-0.25, -0.2) is 8.78 Å². The molecular weight excluding hydrogens is 274 g/mol. The normalized spacial score (nSPS) is 23.0. The van der Waals surface area contributed by atoms with Crippen LogP contribution in [0, 0.1) is 11.6 Å². The molecule has 0 radical (unpaired) electrons. The molecule has 2 rings (SSSR count). The lowest BCUT2D eigenvalue weighted by atomic mass is 9.98. The third kappa shape index (κ3) is 3.97. The minimum atomic E-state index is -0.514. The molecule has 0 aromatic heterocycles. The van der Waals surface area contributed by atoms with Crippen molar-refractivity contribution in [2.45, 2.75) is 24.9 Å². The number of rotatable bonds is 4. The molecule has 2 atom stereocenters. The maximum atomic E-state index is 13.8. The van der Waals surface area contributed by atoms with Gasteiger partial charge in [0.15, 0.2) is 0 Å². The van der Waals surface area contributed by atoms with Crippen molar-refractivity contribution in [1.82, 2.24) is 15.2 Å². The molecule has 0 bridgehead atoms. The number of nitrogens with two attached hydrogens (primary N) is 1. The summed E-state index contributed by atoms with van der Waals surface area (Å²) in [6.45, 7) is 2.79. The Balaban J connectivity index is 2.18. The van der Waals surface area contributed by atoms with Gasteiger partial charge in [-0.1, -0.05) is 6.07 Å². The molecule has 1 aromatic rings. The maximum absolute atomic E-state index is 13.8. The lowest BCUT2D eigenvalue weighted by Gasteiger charge is -2.34. The highest BCUT2D eigenvalue weighted by Crippen LogP contribution is 2.18. The number of halogens is 2. The molecule has 21 heavy (non-hydrogen) atoms. The van der Waals surface area contributed by atoms with Crippen LogP contribution < -0.4 is 11.3 Å². The molecule has 118 valence electrons. The standard InChI is InChI=1S/C15H24F2N4/c1-20-7-4-8-21(2)15(10-20)14(19-18)9-11-12(16)5-3-6-13(11)17/h3,5-6,14-15,19H,4,7-10,18H2,1-2H3. The van der Waals surface area contributed by atoms with Crippen molar-refractivity contribution < 1.29 is 8.78 Å². The topological polar surface area (TPSA) is 44.5 Å². The Kier molecular flexibility index (Phi) is 5.64. The first-order valence-electron chi connectivity index (χ1n) is 7.30. The van der Waals surface area contributed by atoms with Gasteiger partial charge in [-0.05, 0) is 52.2 Å². The molecule has 0 saturated carbocycles. The summed E-state index contributed by atoms with van der Waals surface area (Å²) < 4.78 is 27.7. The molecule has 0 aliphatic carbocycles. The van der Waals surface area contributed by atoms with Crippen molar-refractivity contribution in [2.24, 2.45) is 5.84 Å². The number of hydrogen-bond acceptors (Lipinski definition) is 4. The minimum Gasteiger partial charge on any atom is -0.305 e. The van der Waals surface area contributed by atoms with Gasteiger partial charge >= 0.3 is 0 Å². The number of benzene rings is 1. The first-order valence-corrected chi connectivity index (χ1v) is 7.30. The molecule has 1 aliphatic rings. The second kappa shape index (κ2) is 7.26. The van der Waals surface area contributed by atoms with E-state index >= 15 is 0 Å². The Morgan fingerprint density at radius 1 is 1.29 bits per heavy atom. The Morgan fingerprint density at radius 2 is 1.95 bits per heavy atom. The highest BCUT2D eigenvalue weighted by molar-refractivity contribution is 5.21. The van der Waals surface area contributed by atoms with E-state index in [1.54, 1.807) is 0 Å². The second-order valence-corrected chi connectivity index (χ2v) is 5.84. The Morgan fingerprint density at radius 3 is 2.57 bits per heavy atom. The van der Waals surface area contributed by atoms with Crippen LogP contribution in [-0.4, -0.2) is 55.6 Å². The number of nitrogens with one attached hydrogen (secondary N) is 1. The van der Waals surface area contributed by atoms with E-state index in [2.05, 4.69) is 22.3 Å². The van der Waals surface area contributed by atoms with E-state index in [0.29, 0.717) is 0 Å². The third-order valence-electron chi connectivity index (χ3n) is 4.28. The zero-order chi connectivity index (χ0) is 15.4. The predicted octanol–water partition coefficient (Wildman–Crippen LogP) is 0.975. The fraction of sp³-hybridized carbons (Fsp3) is 0.600. The smallest absolute Gasteiger partial charge is 0.129 e. The molecular formula is C15H24F2N4. The zero-order valence-electron chi connectivity index (χ0n) is 12.6. The molecule has 0 amide bonds. The van der Waals surface area contributed by atoms with Crippen molar-refractivity contribution in [3.63, 3.8) is 0 Å². The van der Waals surface area contributed by atoms with E-state index < -0.39 is 11.6 Å². The summed E-state index contributed by atoms with van der Waals surface area (Å²) in [5, 5.41) is 0. The third-order valence-corrected chi connectivity index (χ3v) is 4.28. The highest BCUT2D eigenvalue weighted by Gasteiger charge is 2.29. The second-order valence-electron chi connectivity index (χ2n) is 5.84. The van der Waals surface area contributed by atoms with Crippen LogP contribution in [0.25, 0.3) is 0 Å². The zero-order valence-corrected chi connectivity index (χ0v) is 12.6. The molecule has 1 aromatic carbocycles. The predicted molar refractivity (Wildman–Crippen MR) is 79.7 cm³/mol. The van der Waals surface area contributed by atoms with Crippen LogP contribution in [0.5, 0.6) is 0 Å². The number of hydrogen-bond donors (Lipinski definition) is 2. The quantitative estimate of drug-likeness (QED) is 0.642. The Hall–Kier alpha value is -1.08. The highest BCUT2D eigenvalue weighted by atomic mass is 19.1. The van der Waals surface area contributed by atoms with E-state index in [1.807, 2.05) is 7.05 Å². The van der Waals surface area contributed by atoms with Crippen LogP contribution >= 0.6 is 0 Å². The van der Waals surface area contributed by atoms with E-state index in [4.69, 9.17) is 5.84 Å². The van der Waals surface area contributed by atoms with E-state index in [9.17, 15) is 8.78 Å². The van der Waals surface area contributed by atoms with Crippen LogP contribution in [0.4, 0.5) is 8.78 Å². The summed E-state index contributed by atoms with van der Waals surface area (Å²) in [5.41, 5.74) is 2.85. The van der Waals surface area contributed by atoms with Crippen molar-refractivity contribution in [2.75, 3.05) is 33.7 Å². The number of nitrogens with zero attached hydrogens (tertiary/aromatic N) is 2. The Bertz CT molecular complexity index is 449. The monoisotopic (exact) mass is 298 g/mol. The summed E-state index contributed by atoms with van der Waals surface area (Å²) in [7, 11) is 4.09. The van der Waals surface area contributed by atoms with E-state index in [0.717, 1.165) is 26.1 Å². The van der Waals surface area contributed by atoms with Gasteiger partial charge in [0.1, 0.15) is 11.6 Å². The van der Waals surface area contributed by atoms with Gasteiger partial charge < -0.3 is 9.80 Å². The average Bonchev–Trinajstić information content (AvgIpc) is 2.60. The van der Waals surface area contributed by atoms with Gasteiger partial charge in [-0.3, -0.25) is 11.3 Å². The molecule has 1 aliphatic heterocycles. The van der Waals surface area contributed by atoms with Gasteiger partial charge in [-0.15, -0.1) is 0 Å². The average molecular weight is 298 g/mol. The van der Waals surface area contributed by atoms with Crippen LogP contribution in [0.3, 0.4) is 0 Å². The number of likely N-dealkylation sites (N-methyl/N-ethyl adjacent to an activating group) is 2. The van der Waals surface area contributed by atoms with Gasteiger partial charge in [0.05, 0.1) is 0 Å². The van der Waals surface area contributed by atoms with E-state index in [1.165, 1.54) is 18.2 Å². The van der Waals surface area contributed by atoms with Crippen LogP contribution in [-0.2, 0) is 6.42 Å². The lowest BCUT2D eigenvalue weighted by Crippen LogP contribution is -2.55. The fourth-order valence-electron chi connectivity index (χ4n) is 2.99. The molecule has 1 saturated heterocycles. The molecule has 6 heteroatoms. The van der Waals surface area contributed by atoms with E-state index in [-0.39, 0.29) is 24.1 Å². The molecule has 1 heterocycles. The first kappa shape index (κ1) is 16.3. The van der Waals surface area contributed by atoms with Crippen molar-refractivity contribution >= 4 is 0 Å². The van der Waals surface area contributed by atoms with Gasteiger partial charge in [0.25, 0.3) is 0 Å². The van der Waals surface area contributed by atoms with Crippen molar-refractivity contribution in [3.8, 4) is 0 Å². The van der Waals surface area contributed by atoms with Crippen LogP contribution in [0.15, 0.2) is 18.2 Å². The first-order chi connectivity index (χ1) is 10.0. The van der Waals surface area contributed by atoms with Gasteiger partial charge in [0, 0.05) is 24.2 Å². The van der Waals surface area contributed by atoms with Crippen molar-refractivity contribution in [1.29, 1.82) is 0 Å².